The van der Waals surface area contributed by atoms with Crippen LogP contribution in [0.1, 0.15) is 15.9 Å². The van der Waals surface area contributed by atoms with Crippen molar-refractivity contribution < 1.29 is 32.2 Å². The Balaban J connectivity index is 1.36. The number of anilines is 2. The van der Waals surface area contributed by atoms with E-state index in [1.165, 1.54) is 6.07 Å². The Labute approximate surface area is 222 Å². The number of ether oxygens (including phenoxy) is 2. The largest absolute Gasteiger partial charge is 0.452 e. The van der Waals surface area contributed by atoms with Crippen molar-refractivity contribution in [3.8, 4) is 11.3 Å². The molecule has 1 amide bonds. The molecule has 200 valence electrons. The van der Waals surface area contributed by atoms with Crippen LogP contribution in [0.4, 0.5) is 24.5 Å². The second kappa shape index (κ2) is 11.1. The van der Waals surface area contributed by atoms with Gasteiger partial charge in [0.05, 0.1) is 46.9 Å². The minimum Gasteiger partial charge on any atom is -0.452 e. The van der Waals surface area contributed by atoms with Gasteiger partial charge in [-0.2, -0.15) is 13.2 Å². The fourth-order valence-corrected chi connectivity index (χ4v) is 4.39. The molecule has 1 aliphatic rings. The molecule has 1 aromatic heterocycles. The lowest BCUT2D eigenvalue weighted by Gasteiger charge is -2.31. The third-order valence-electron chi connectivity index (χ3n) is 6.29. The Kier molecular flexibility index (Phi) is 7.47. The van der Waals surface area contributed by atoms with Gasteiger partial charge in [-0.15, -0.1) is 0 Å². The van der Waals surface area contributed by atoms with Gasteiger partial charge in [-0.3, -0.25) is 4.79 Å². The highest BCUT2D eigenvalue weighted by Crippen LogP contribution is 2.36. The first-order chi connectivity index (χ1) is 18.8. The first kappa shape index (κ1) is 26.2. The molecule has 7 nitrogen and oxygen atoms in total. The predicted octanol–water partition coefficient (Wildman–Crippen LogP) is 5.55. The zero-order chi connectivity index (χ0) is 27.4. The summed E-state index contributed by atoms with van der Waals surface area (Å²) in [7, 11) is 0. The van der Waals surface area contributed by atoms with Crippen molar-refractivity contribution in [3.05, 3.63) is 90.0 Å². The first-order valence-corrected chi connectivity index (χ1v) is 12.3. The third-order valence-corrected chi connectivity index (χ3v) is 6.29. The molecule has 4 aromatic rings. The lowest BCUT2D eigenvalue weighted by atomic mass is 10.0. The van der Waals surface area contributed by atoms with E-state index in [1.807, 2.05) is 35.2 Å². The summed E-state index contributed by atoms with van der Waals surface area (Å²) in [6.45, 7) is 1.06. The number of amides is 1. The highest BCUT2D eigenvalue weighted by molar-refractivity contribution is 6.05. The number of hydrogen-bond donors (Lipinski definition) is 1. The number of esters is 1. The molecule has 10 heteroatoms. The fourth-order valence-electron chi connectivity index (χ4n) is 4.39. The van der Waals surface area contributed by atoms with Crippen molar-refractivity contribution in [3.63, 3.8) is 0 Å². The number of carbonyl (C=O) groups is 2. The van der Waals surface area contributed by atoms with Crippen LogP contribution in [0.25, 0.3) is 22.2 Å². The topological polar surface area (TPSA) is 80.8 Å². The number of para-hydroxylation sites is 1. The summed E-state index contributed by atoms with van der Waals surface area (Å²) in [5.41, 5.74) is 1.67. The fraction of sp³-hybridized carbons (Fsp3) is 0.207. The van der Waals surface area contributed by atoms with Crippen LogP contribution in [0.2, 0.25) is 0 Å². The number of morpholine rings is 1. The molecule has 0 saturated carbocycles. The molecular weight excluding hydrogens is 511 g/mol. The quantitative estimate of drug-likeness (QED) is 0.326. The van der Waals surface area contributed by atoms with Crippen molar-refractivity contribution >= 4 is 34.2 Å². The Morgan fingerprint density at radius 2 is 1.67 bits per heavy atom. The van der Waals surface area contributed by atoms with Gasteiger partial charge in [-0.25, -0.2) is 9.78 Å². The molecule has 39 heavy (non-hydrogen) atoms. The van der Waals surface area contributed by atoms with Crippen LogP contribution in [-0.2, 0) is 20.4 Å². The number of carbonyl (C=O) groups excluding carboxylic acids is 2. The number of nitrogens with zero attached hydrogens (tertiary/aromatic N) is 2. The number of aromatic nitrogens is 1. The van der Waals surface area contributed by atoms with Gasteiger partial charge in [0, 0.05) is 24.0 Å². The maximum Gasteiger partial charge on any atom is 0.416 e. The van der Waals surface area contributed by atoms with E-state index in [1.54, 1.807) is 30.3 Å². The standard InChI is InChI=1S/C29H24F3N3O4/c30-29(31,32)20-10-11-26(35-12-14-38-15-13-35)25(16-20)34-27(36)18-39-28(37)22-17-24(19-6-2-1-3-7-19)33-23-9-5-4-8-21(22)23/h1-11,16-17H,12-15,18H2,(H,34,36). The summed E-state index contributed by atoms with van der Waals surface area (Å²) in [6.07, 6.45) is -4.59. The van der Waals surface area contributed by atoms with E-state index in [-0.39, 0.29) is 11.3 Å². The normalized spacial score (nSPS) is 13.8. The number of alkyl halides is 3. The van der Waals surface area contributed by atoms with Crippen LogP contribution in [0, 0.1) is 0 Å². The van der Waals surface area contributed by atoms with Gasteiger partial charge in [-0.05, 0) is 30.3 Å². The molecule has 1 N–H and O–H groups in total. The smallest absolute Gasteiger partial charge is 0.416 e. The highest BCUT2D eigenvalue weighted by atomic mass is 19.4. The number of rotatable bonds is 6. The maximum atomic E-state index is 13.4. The number of fused-ring (bicyclic) bond motifs is 1. The third kappa shape index (κ3) is 6.01. The summed E-state index contributed by atoms with van der Waals surface area (Å²) in [6, 6.07) is 21.1. The Hall–Kier alpha value is -4.44. The SMILES string of the molecule is O=C(COC(=O)c1cc(-c2ccccc2)nc2ccccc12)Nc1cc(C(F)(F)F)ccc1N1CCOCC1. The number of benzene rings is 3. The monoisotopic (exact) mass is 535 g/mol. The number of nitrogens with one attached hydrogen (secondary N) is 1. The second-order valence-electron chi connectivity index (χ2n) is 8.89. The van der Waals surface area contributed by atoms with Gasteiger partial charge >= 0.3 is 12.1 Å². The van der Waals surface area contributed by atoms with Gasteiger partial charge in [0.15, 0.2) is 6.61 Å². The van der Waals surface area contributed by atoms with Crippen molar-refractivity contribution in [1.82, 2.24) is 4.98 Å². The predicted molar refractivity (Wildman–Crippen MR) is 141 cm³/mol. The van der Waals surface area contributed by atoms with E-state index >= 15 is 0 Å². The zero-order valence-electron chi connectivity index (χ0n) is 20.7. The molecule has 3 aromatic carbocycles. The van der Waals surface area contributed by atoms with Crippen molar-refractivity contribution in [2.75, 3.05) is 43.1 Å². The minimum atomic E-state index is -4.59. The highest BCUT2D eigenvalue weighted by Gasteiger charge is 2.32. The first-order valence-electron chi connectivity index (χ1n) is 12.3. The van der Waals surface area contributed by atoms with Gasteiger partial charge in [-0.1, -0.05) is 48.5 Å². The lowest BCUT2D eigenvalue weighted by molar-refractivity contribution is -0.137. The number of pyridine rings is 1. The van der Waals surface area contributed by atoms with E-state index in [2.05, 4.69) is 10.3 Å². The zero-order valence-corrected chi connectivity index (χ0v) is 20.7. The maximum absolute atomic E-state index is 13.4. The van der Waals surface area contributed by atoms with E-state index < -0.39 is 30.2 Å². The molecule has 2 heterocycles. The molecule has 1 aliphatic heterocycles. The average Bonchev–Trinajstić information content (AvgIpc) is 2.95. The average molecular weight is 536 g/mol. The summed E-state index contributed by atoms with van der Waals surface area (Å²) in [4.78, 5) is 32.3. The minimum absolute atomic E-state index is 0.0199. The van der Waals surface area contributed by atoms with E-state index in [0.717, 1.165) is 17.7 Å². The molecule has 0 aliphatic carbocycles. The number of halogens is 3. The van der Waals surface area contributed by atoms with Crippen LogP contribution in [0.3, 0.4) is 0 Å². The van der Waals surface area contributed by atoms with Gasteiger partial charge in [0.25, 0.3) is 5.91 Å². The van der Waals surface area contributed by atoms with Crippen LogP contribution < -0.4 is 10.2 Å². The summed E-state index contributed by atoms with van der Waals surface area (Å²) in [5, 5.41) is 3.04. The molecule has 1 fully saturated rings. The molecule has 0 radical (unpaired) electrons. The van der Waals surface area contributed by atoms with Gasteiger partial charge in [0.2, 0.25) is 0 Å². The summed E-state index contributed by atoms with van der Waals surface area (Å²) in [5.74, 6) is -1.52. The second-order valence-corrected chi connectivity index (χ2v) is 8.89. The molecule has 0 bridgehead atoms. The van der Waals surface area contributed by atoms with Crippen LogP contribution in [0.5, 0.6) is 0 Å². The van der Waals surface area contributed by atoms with Crippen LogP contribution >= 0.6 is 0 Å². The van der Waals surface area contributed by atoms with Crippen molar-refractivity contribution in [2.24, 2.45) is 0 Å². The molecule has 0 unspecified atom stereocenters. The van der Waals surface area contributed by atoms with Gasteiger partial charge < -0.3 is 19.7 Å². The molecule has 0 atom stereocenters. The van der Waals surface area contributed by atoms with Crippen molar-refractivity contribution in [1.29, 1.82) is 0 Å². The van der Waals surface area contributed by atoms with E-state index in [0.29, 0.717) is 48.6 Å². The summed E-state index contributed by atoms with van der Waals surface area (Å²) < 4.78 is 50.8. The van der Waals surface area contributed by atoms with Crippen LogP contribution in [-0.4, -0.2) is 49.8 Å². The lowest BCUT2D eigenvalue weighted by Crippen LogP contribution is -2.37. The molecule has 0 spiro atoms. The summed E-state index contributed by atoms with van der Waals surface area (Å²) >= 11 is 0. The van der Waals surface area contributed by atoms with E-state index in [9.17, 15) is 22.8 Å². The Bertz CT molecular complexity index is 1500. The molecule has 5 rings (SSSR count). The number of hydrogen-bond acceptors (Lipinski definition) is 6. The van der Waals surface area contributed by atoms with Crippen molar-refractivity contribution in [2.45, 2.75) is 6.18 Å². The molecular formula is C29H24F3N3O4. The Morgan fingerprint density at radius 1 is 0.949 bits per heavy atom. The van der Waals surface area contributed by atoms with Crippen LogP contribution in [0.15, 0.2) is 78.9 Å². The Morgan fingerprint density at radius 3 is 2.41 bits per heavy atom. The van der Waals surface area contributed by atoms with Gasteiger partial charge in [0.1, 0.15) is 0 Å². The molecule has 1 saturated heterocycles. The van der Waals surface area contributed by atoms with E-state index in [4.69, 9.17) is 9.47 Å².